The lowest BCUT2D eigenvalue weighted by Crippen LogP contribution is -1.82. The largest absolute Gasteiger partial charge is 0.436 e. The van der Waals surface area contributed by atoms with Crippen LogP contribution in [-0.2, 0) is 0 Å². The minimum absolute atomic E-state index is 0.560. The van der Waals surface area contributed by atoms with Gasteiger partial charge >= 0.3 is 0 Å². The minimum Gasteiger partial charge on any atom is -0.436 e. The van der Waals surface area contributed by atoms with Crippen molar-refractivity contribution >= 4 is 45.8 Å². The summed E-state index contributed by atoms with van der Waals surface area (Å²) in [6.45, 7) is 0. The molecule has 33 heavy (non-hydrogen) atoms. The Kier molecular flexibility index (Phi) is 4.78. The molecule has 4 aromatic carbocycles. The lowest BCUT2D eigenvalue weighted by molar-refractivity contribution is 0.459. The molecule has 158 valence electrons. The molecular formula is C28H17ClN2O2. The predicted molar refractivity (Wildman–Crippen MR) is 133 cm³/mol. The molecule has 0 bridgehead atoms. The van der Waals surface area contributed by atoms with E-state index in [1.165, 1.54) is 0 Å². The van der Waals surface area contributed by atoms with Crippen molar-refractivity contribution in [2.75, 3.05) is 0 Å². The molecule has 0 saturated heterocycles. The standard InChI is InChI=1S/C28H17ClN2O2/c29-23-17-21(28-30-24-6-2-4-8-26(24)32-28)16-15-19(23)12-9-18-10-13-20(14-11-18)27-22-5-1-3-7-25(22)33-31-27/h1-17H/b12-9+. The van der Waals surface area contributed by atoms with Crippen molar-refractivity contribution in [1.82, 2.24) is 10.1 Å². The van der Waals surface area contributed by atoms with E-state index in [4.69, 9.17) is 20.5 Å². The SMILES string of the molecule is Clc1cc(-c2nc3ccccc3o2)ccc1/C=C/c1ccc(-c2noc3ccccc23)cc1. The molecule has 2 heterocycles. The van der Waals surface area contributed by atoms with Gasteiger partial charge in [-0.15, -0.1) is 0 Å². The zero-order valence-electron chi connectivity index (χ0n) is 17.4. The molecular weight excluding hydrogens is 432 g/mol. The van der Waals surface area contributed by atoms with Crippen molar-refractivity contribution in [2.24, 2.45) is 0 Å². The van der Waals surface area contributed by atoms with Crippen LogP contribution in [0.2, 0.25) is 5.02 Å². The summed E-state index contributed by atoms with van der Waals surface area (Å²) in [5.41, 5.74) is 7.06. The van der Waals surface area contributed by atoms with E-state index < -0.39 is 0 Å². The van der Waals surface area contributed by atoms with Crippen LogP contribution >= 0.6 is 11.6 Å². The van der Waals surface area contributed by atoms with Crippen molar-refractivity contribution in [3.05, 3.63) is 107 Å². The lowest BCUT2D eigenvalue weighted by Gasteiger charge is -2.02. The molecule has 0 aliphatic heterocycles. The molecule has 0 aliphatic rings. The Morgan fingerprint density at radius 1 is 0.727 bits per heavy atom. The van der Waals surface area contributed by atoms with Gasteiger partial charge in [0.05, 0.1) is 0 Å². The van der Waals surface area contributed by atoms with E-state index in [1.807, 2.05) is 91.0 Å². The number of oxazole rings is 1. The van der Waals surface area contributed by atoms with Gasteiger partial charge in [-0.1, -0.05) is 83.5 Å². The zero-order valence-corrected chi connectivity index (χ0v) is 18.2. The molecule has 0 radical (unpaired) electrons. The number of rotatable bonds is 4. The van der Waals surface area contributed by atoms with Crippen LogP contribution in [0.3, 0.4) is 0 Å². The first-order chi connectivity index (χ1) is 16.2. The van der Waals surface area contributed by atoms with Crippen molar-refractivity contribution < 1.29 is 8.94 Å². The Hall–Kier alpha value is -4.15. The van der Waals surface area contributed by atoms with Crippen molar-refractivity contribution in [1.29, 1.82) is 0 Å². The normalized spacial score (nSPS) is 11.7. The fourth-order valence-electron chi connectivity index (χ4n) is 3.82. The van der Waals surface area contributed by atoms with E-state index in [1.54, 1.807) is 0 Å². The average Bonchev–Trinajstić information content (AvgIpc) is 3.48. The maximum absolute atomic E-state index is 6.55. The first-order valence-corrected chi connectivity index (χ1v) is 10.9. The summed E-state index contributed by atoms with van der Waals surface area (Å²) in [6, 6.07) is 29.6. The molecule has 0 atom stereocenters. The van der Waals surface area contributed by atoms with Crippen molar-refractivity contribution in [2.45, 2.75) is 0 Å². The molecule has 0 N–H and O–H groups in total. The van der Waals surface area contributed by atoms with E-state index in [2.05, 4.69) is 22.3 Å². The van der Waals surface area contributed by atoms with Crippen LogP contribution in [0, 0.1) is 0 Å². The van der Waals surface area contributed by atoms with Gasteiger partial charge in [0.25, 0.3) is 0 Å². The fraction of sp³-hybridized carbons (Fsp3) is 0. The highest BCUT2D eigenvalue weighted by Crippen LogP contribution is 2.30. The molecule has 5 heteroatoms. The number of benzene rings is 4. The summed E-state index contributed by atoms with van der Waals surface area (Å²) >= 11 is 6.55. The Morgan fingerprint density at radius 3 is 2.30 bits per heavy atom. The molecule has 4 nitrogen and oxygen atoms in total. The quantitative estimate of drug-likeness (QED) is 0.255. The summed E-state index contributed by atoms with van der Waals surface area (Å²) in [5, 5.41) is 5.87. The van der Waals surface area contributed by atoms with Crippen LogP contribution in [0.5, 0.6) is 0 Å². The molecule has 0 amide bonds. The Labute approximate surface area is 194 Å². The Morgan fingerprint density at radius 2 is 1.48 bits per heavy atom. The fourth-order valence-corrected chi connectivity index (χ4v) is 4.07. The van der Waals surface area contributed by atoms with Crippen LogP contribution in [0.4, 0.5) is 0 Å². The monoisotopic (exact) mass is 448 g/mol. The first-order valence-electron chi connectivity index (χ1n) is 10.5. The van der Waals surface area contributed by atoms with E-state index in [0.717, 1.165) is 50.0 Å². The lowest BCUT2D eigenvalue weighted by atomic mass is 10.0. The van der Waals surface area contributed by atoms with Gasteiger partial charge in [-0.2, -0.15) is 0 Å². The summed E-state index contributed by atoms with van der Waals surface area (Å²) < 4.78 is 11.3. The number of hydrogen-bond acceptors (Lipinski definition) is 4. The molecule has 0 unspecified atom stereocenters. The molecule has 0 spiro atoms. The van der Waals surface area contributed by atoms with Crippen LogP contribution in [0.15, 0.2) is 99.9 Å². The van der Waals surface area contributed by atoms with Crippen LogP contribution in [0.25, 0.3) is 56.9 Å². The third kappa shape index (κ3) is 3.71. The zero-order chi connectivity index (χ0) is 22.2. The highest BCUT2D eigenvalue weighted by Gasteiger charge is 2.10. The van der Waals surface area contributed by atoms with E-state index in [0.29, 0.717) is 10.9 Å². The molecule has 0 fully saturated rings. The van der Waals surface area contributed by atoms with Gasteiger partial charge in [-0.05, 0) is 47.5 Å². The summed E-state index contributed by atoms with van der Waals surface area (Å²) in [6.07, 6.45) is 4.03. The van der Waals surface area contributed by atoms with Gasteiger partial charge in [-0.25, -0.2) is 4.98 Å². The van der Waals surface area contributed by atoms with Crippen LogP contribution in [-0.4, -0.2) is 10.1 Å². The van der Waals surface area contributed by atoms with E-state index in [-0.39, 0.29) is 0 Å². The number of aromatic nitrogens is 2. The average molecular weight is 449 g/mol. The number of halogens is 1. The van der Waals surface area contributed by atoms with Crippen molar-refractivity contribution in [3.8, 4) is 22.7 Å². The Bertz CT molecular complexity index is 1590. The maximum atomic E-state index is 6.55. The first kappa shape index (κ1) is 19.5. The van der Waals surface area contributed by atoms with E-state index in [9.17, 15) is 0 Å². The topological polar surface area (TPSA) is 52.1 Å². The summed E-state index contributed by atoms with van der Waals surface area (Å²) in [7, 11) is 0. The third-order valence-electron chi connectivity index (χ3n) is 5.56. The van der Waals surface area contributed by atoms with Gasteiger partial charge < -0.3 is 8.94 Å². The number of fused-ring (bicyclic) bond motifs is 2. The maximum Gasteiger partial charge on any atom is 0.227 e. The summed E-state index contributed by atoms with van der Waals surface area (Å²) in [5.74, 6) is 0.560. The third-order valence-corrected chi connectivity index (χ3v) is 5.89. The summed E-state index contributed by atoms with van der Waals surface area (Å²) in [4.78, 5) is 4.54. The van der Waals surface area contributed by atoms with Gasteiger partial charge in [-0.3, -0.25) is 0 Å². The smallest absolute Gasteiger partial charge is 0.227 e. The van der Waals surface area contributed by atoms with E-state index >= 15 is 0 Å². The second kappa shape index (κ2) is 8.08. The molecule has 2 aromatic heterocycles. The second-order valence-corrected chi connectivity index (χ2v) is 8.11. The van der Waals surface area contributed by atoms with Crippen LogP contribution < -0.4 is 0 Å². The van der Waals surface area contributed by atoms with Gasteiger partial charge in [0, 0.05) is 21.5 Å². The molecule has 6 rings (SSSR count). The van der Waals surface area contributed by atoms with Gasteiger partial charge in [0.2, 0.25) is 5.89 Å². The van der Waals surface area contributed by atoms with Gasteiger partial charge in [0.15, 0.2) is 11.2 Å². The molecule has 0 saturated carbocycles. The highest BCUT2D eigenvalue weighted by molar-refractivity contribution is 6.32. The van der Waals surface area contributed by atoms with Gasteiger partial charge in [0.1, 0.15) is 11.2 Å². The van der Waals surface area contributed by atoms with Crippen molar-refractivity contribution in [3.63, 3.8) is 0 Å². The van der Waals surface area contributed by atoms with Crippen LogP contribution in [0.1, 0.15) is 11.1 Å². The predicted octanol–water partition coefficient (Wildman–Crippen LogP) is 8.13. The Balaban J connectivity index is 1.23. The number of para-hydroxylation sites is 3. The second-order valence-electron chi connectivity index (χ2n) is 7.71. The molecule has 0 aliphatic carbocycles. The molecule has 6 aromatic rings. The number of hydrogen-bond donors (Lipinski definition) is 0. The number of nitrogens with zero attached hydrogens (tertiary/aromatic N) is 2. The minimum atomic E-state index is 0.560. The highest BCUT2D eigenvalue weighted by atomic mass is 35.5.